The Morgan fingerprint density at radius 2 is 1.92 bits per heavy atom. The van der Waals surface area contributed by atoms with Gasteiger partial charge >= 0.3 is 6.03 Å². The summed E-state index contributed by atoms with van der Waals surface area (Å²) in [4.78, 5) is 18.9. The van der Waals surface area contributed by atoms with E-state index in [-0.39, 0.29) is 12.8 Å². The highest BCUT2D eigenvalue weighted by atomic mass is 16.7. The molecule has 1 saturated heterocycles. The van der Waals surface area contributed by atoms with Crippen molar-refractivity contribution in [3.63, 3.8) is 0 Å². The van der Waals surface area contributed by atoms with Crippen molar-refractivity contribution in [3.8, 4) is 11.5 Å². The van der Waals surface area contributed by atoms with Crippen LogP contribution in [0.5, 0.6) is 11.5 Å². The van der Waals surface area contributed by atoms with E-state index in [1.807, 2.05) is 17.0 Å². The highest BCUT2D eigenvalue weighted by molar-refractivity contribution is 5.89. The van der Waals surface area contributed by atoms with Crippen LogP contribution in [0.1, 0.15) is 6.42 Å². The number of ether oxygens (including phenoxy) is 2. The molecule has 0 unspecified atom stereocenters. The average Bonchev–Trinajstić information content (AvgIpc) is 3.03. The highest BCUT2D eigenvalue weighted by Gasteiger charge is 2.21. The summed E-state index contributed by atoms with van der Waals surface area (Å²) >= 11 is 0. The molecule has 2 heterocycles. The van der Waals surface area contributed by atoms with Crippen LogP contribution in [-0.4, -0.2) is 80.9 Å². The van der Waals surface area contributed by atoms with E-state index in [1.165, 1.54) is 0 Å². The van der Waals surface area contributed by atoms with Crippen LogP contribution in [-0.2, 0) is 0 Å². The van der Waals surface area contributed by atoms with Gasteiger partial charge in [0, 0.05) is 37.9 Å². The number of nitrogens with one attached hydrogen (secondary N) is 1. The molecule has 1 fully saturated rings. The number of hydrogen-bond donors (Lipinski definition) is 1. The molecule has 0 spiro atoms. The molecule has 0 atom stereocenters. The van der Waals surface area contributed by atoms with Gasteiger partial charge < -0.3 is 24.6 Å². The lowest BCUT2D eigenvalue weighted by Crippen LogP contribution is -2.50. The predicted molar refractivity (Wildman–Crippen MR) is 92.8 cm³/mol. The second-order valence-corrected chi connectivity index (χ2v) is 6.48. The van der Waals surface area contributed by atoms with Gasteiger partial charge in [-0.1, -0.05) is 0 Å². The Hall–Kier alpha value is -1.99. The zero-order valence-electron chi connectivity index (χ0n) is 14.5. The minimum absolute atomic E-state index is 0.0539. The number of hydrogen-bond acceptors (Lipinski definition) is 5. The van der Waals surface area contributed by atoms with E-state index in [9.17, 15) is 4.79 Å². The van der Waals surface area contributed by atoms with Crippen molar-refractivity contribution in [1.29, 1.82) is 0 Å². The van der Waals surface area contributed by atoms with Crippen molar-refractivity contribution in [2.45, 2.75) is 6.42 Å². The number of amides is 2. The van der Waals surface area contributed by atoms with Crippen molar-refractivity contribution in [2.75, 3.05) is 65.5 Å². The third-order valence-corrected chi connectivity index (χ3v) is 4.36. The fourth-order valence-electron chi connectivity index (χ4n) is 2.96. The maximum Gasteiger partial charge on any atom is 0.321 e. The van der Waals surface area contributed by atoms with E-state index >= 15 is 0 Å². The van der Waals surface area contributed by atoms with Crippen molar-refractivity contribution >= 4 is 11.7 Å². The summed E-state index contributed by atoms with van der Waals surface area (Å²) in [5, 5.41) is 2.94. The number of fused-ring (bicyclic) bond motifs is 1. The van der Waals surface area contributed by atoms with Crippen LogP contribution < -0.4 is 14.8 Å². The lowest BCUT2D eigenvalue weighted by atomic mass is 10.2. The van der Waals surface area contributed by atoms with Crippen molar-refractivity contribution in [1.82, 2.24) is 14.7 Å². The number of nitrogens with zero attached hydrogens (tertiary/aromatic N) is 3. The Bertz CT molecular complexity index is 571. The SMILES string of the molecule is CN(C)CCCN1CCN(C(=O)Nc2ccc3c(c2)OCO3)CC1. The summed E-state index contributed by atoms with van der Waals surface area (Å²) in [5.74, 6) is 1.40. The number of piperazine rings is 1. The van der Waals surface area contributed by atoms with Crippen LogP contribution in [0.3, 0.4) is 0 Å². The summed E-state index contributed by atoms with van der Waals surface area (Å²) in [6.07, 6.45) is 1.16. The number of urea groups is 1. The van der Waals surface area contributed by atoms with Gasteiger partial charge in [-0.25, -0.2) is 4.79 Å². The molecule has 0 saturated carbocycles. The average molecular weight is 334 g/mol. The molecule has 7 nitrogen and oxygen atoms in total. The molecule has 0 aliphatic carbocycles. The summed E-state index contributed by atoms with van der Waals surface area (Å²) in [6, 6.07) is 5.41. The molecule has 0 aromatic heterocycles. The van der Waals surface area contributed by atoms with E-state index in [4.69, 9.17) is 9.47 Å². The minimum atomic E-state index is -0.0539. The zero-order chi connectivity index (χ0) is 16.9. The maximum absolute atomic E-state index is 12.4. The fraction of sp³-hybridized carbons (Fsp3) is 0.588. The molecular weight excluding hydrogens is 308 g/mol. The number of anilines is 1. The normalized spacial score (nSPS) is 17.4. The summed E-state index contributed by atoms with van der Waals surface area (Å²) < 4.78 is 10.6. The second kappa shape index (κ2) is 7.72. The van der Waals surface area contributed by atoms with Gasteiger partial charge in [0.1, 0.15) is 0 Å². The van der Waals surface area contributed by atoms with Gasteiger partial charge in [0.25, 0.3) is 0 Å². The molecule has 3 rings (SSSR count). The van der Waals surface area contributed by atoms with Crippen molar-refractivity contribution in [3.05, 3.63) is 18.2 Å². The lowest BCUT2D eigenvalue weighted by Gasteiger charge is -2.34. The molecule has 7 heteroatoms. The molecular formula is C17H26N4O3. The number of rotatable bonds is 5. The first-order valence-electron chi connectivity index (χ1n) is 8.44. The zero-order valence-corrected chi connectivity index (χ0v) is 14.5. The summed E-state index contributed by atoms with van der Waals surface area (Å²) in [7, 11) is 4.19. The molecule has 24 heavy (non-hydrogen) atoms. The van der Waals surface area contributed by atoms with Gasteiger partial charge in [-0.2, -0.15) is 0 Å². The lowest BCUT2D eigenvalue weighted by molar-refractivity contribution is 0.144. The molecule has 2 amide bonds. The van der Waals surface area contributed by atoms with E-state index in [2.05, 4.69) is 29.2 Å². The Labute approximate surface area is 143 Å². The van der Waals surface area contributed by atoms with Crippen LogP contribution in [0, 0.1) is 0 Å². The second-order valence-electron chi connectivity index (χ2n) is 6.48. The summed E-state index contributed by atoms with van der Waals surface area (Å²) in [6.45, 7) is 5.82. The maximum atomic E-state index is 12.4. The minimum Gasteiger partial charge on any atom is -0.454 e. The molecule has 2 aliphatic rings. The molecule has 1 N–H and O–H groups in total. The van der Waals surface area contributed by atoms with E-state index < -0.39 is 0 Å². The molecule has 0 radical (unpaired) electrons. The first-order chi connectivity index (χ1) is 11.6. The third kappa shape index (κ3) is 4.30. The van der Waals surface area contributed by atoms with Gasteiger partial charge in [-0.15, -0.1) is 0 Å². The monoisotopic (exact) mass is 334 g/mol. The topological polar surface area (TPSA) is 57.3 Å². The van der Waals surface area contributed by atoms with E-state index in [0.717, 1.165) is 57.1 Å². The molecule has 1 aromatic carbocycles. The van der Waals surface area contributed by atoms with Crippen LogP contribution in [0.15, 0.2) is 18.2 Å². The molecule has 2 aliphatic heterocycles. The van der Waals surface area contributed by atoms with Gasteiger partial charge in [-0.3, -0.25) is 4.90 Å². The van der Waals surface area contributed by atoms with Crippen LogP contribution >= 0.6 is 0 Å². The number of carbonyl (C=O) groups is 1. The van der Waals surface area contributed by atoms with Crippen molar-refractivity contribution < 1.29 is 14.3 Å². The third-order valence-electron chi connectivity index (χ3n) is 4.36. The molecule has 132 valence electrons. The van der Waals surface area contributed by atoms with Gasteiger partial charge in [0.15, 0.2) is 11.5 Å². The van der Waals surface area contributed by atoms with Crippen LogP contribution in [0.25, 0.3) is 0 Å². The Morgan fingerprint density at radius 3 is 2.67 bits per heavy atom. The van der Waals surface area contributed by atoms with Crippen LogP contribution in [0.4, 0.5) is 10.5 Å². The Morgan fingerprint density at radius 1 is 1.17 bits per heavy atom. The molecule has 0 bridgehead atoms. The largest absolute Gasteiger partial charge is 0.454 e. The number of benzene rings is 1. The van der Waals surface area contributed by atoms with Gasteiger partial charge in [-0.05, 0) is 45.7 Å². The quantitative estimate of drug-likeness (QED) is 0.885. The summed E-state index contributed by atoms with van der Waals surface area (Å²) in [5.41, 5.74) is 0.734. The number of carbonyl (C=O) groups excluding carboxylic acids is 1. The first kappa shape index (κ1) is 16.9. The predicted octanol–water partition coefficient (Wildman–Crippen LogP) is 1.52. The first-order valence-corrected chi connectivity index (χ1v) is 8.44. The van der Waals surface area contributed by atoms with Gasteiger partial charge in [0.05, 0.1) is 0 Å². The van der Waals surface area contributed by atoms with Crippen LogP contribution in [0.2, 0.25) is 0 Å². The van der Waals surface area contributed by atoms with E-state index in [1.54, 1.807) is 6.07 Å². The standard InChI is InChI=1S/C17H26N4O3/c1-19(2)6-3-7-20-8-10-21(11-9-20)17(22)18-14-4-5-15-16(12-14)24-13-23-15/h4-5,12H,3,6-11,13H2,1-2H3,(H,18,22). The Balaban J connectivity index is 1.44. The fourth-order valence-corrected chi connectivity index (χ4v) is 2.96. The van der Waals surface area contributed by atoms with Gasteiger partial charge in [0.2, 0.25) is 6.79 Å². The highest BCUT2D eigenvalue weighted by Crippen LogP contribution is 2.34. The Kier molecular flexibility index (Phi) is 5.42. The van der Waals surface area contributed by atoms with E-state index in [0.29, 0.717) is 5.75 Å². The smallest absolute Gasteiger partial charge is 0.321 e. The molecule has 1 aromatic rings. The van der Waals surface area contributed by atoms with Crippen molar-refractivity contribution in [2.24, 2.45) is 0 Å².